The highest BCUT2D eigenvalue weighted by molar-refractivity contribution is 5.87. The monoisotopic (exact) mass is 365 g/mol. The quantitative estimate of drug-likeness (QED) is 0.828. The van der Waals surface area contributed by atoms with Gasteiger partial charge in [0.25, 0.3) is 0 Å². The minimum Gasteiger partial charge on any atom is -0.468 e. The average molecular weight is 365 g/mol. The molecule has 1 aliphatic heterocycles. The number of nitrogens with zero attached hydrogens (tertiary/aromatic N) is 1. The van der Waals surface area contributed by atoms with Crippen LogP contribution in [0.2, 0.25) is 0 Å². The van der Waals surface area contributed by atoms with E-state index in [-0.39, 0.29) is 11.9 Å². The van der Waals surface area contributed by atoms with Gasteiger partial charge in [-0.05, 0) is 36.3 Å². The van der Waals surface area contributed by atoms with Crippen molar-refractivity contribution in [2.45, 2.75) is 30.3 Å². The maximum Gasteiger partial charge on any atom is 0.316 e. The smallest absolute Gasteiger partial charge is 0.316 e. The van der Waals surface area contributed by atoms with Gasteiger partial charge in [0.05, 0.1) is 18.1 Å². The van der Waals surface area contributed by atoms with Crippen molar-refractivity contribution in [1.82, 2.24) is 4.90 Å². The molecule has 0 spiro atoms. The lowest BCUT2D eigenvalue weighted by atomic mass is 9.84. The number of aliphatic hydroxyl groups is 1. The first-order valence-electron chi connectivity index (χ1n) is 9.73. The zero-order chi connectivity index (χ0) is 18.9. The third kappa shape index (κ3) is 3.28. The topological polar surface area (TPSA) is 49.8 Å². The molecule has 4 rings (SSSR count). The van der Waals surface area contributed by atoms with Gasteiger partial charge in [0.1, 0.15) is 0 Å². The van der Waals surface area contributed by atoms with Crippen LogP contribution in [0.25, 0.3) is 0 Å². The van der Waals surface area contributed by atoms with Crippen LogP contribution in [0.3, 0.4) is 0 Å². The number of benzene rings is 2. The number of piperidine rings is 1. The number of rotatable bonds is 5. The molecule has 4 heteroatoms. The summed E-state index contributed by atoms with van der Waals surface area (Å²) in [6.45, 7) is 2.55. The third-order valence-corrected chi connectivity index (χ3v) is 6.42. The minimum atomic E-state index is -0.736. The summed E-state index contributed by atoms with van der Waals surface area (Å²) in [5.74, 6) is 0.145. The van der Waals surface area contributed by atoms with E-state index in [0.29, 0.717) is 0 Å². The molecule has 27 heavy (non-hydrogen) atoms. The van der Waals surface area contributed by atoms with Gasteiger partial charge in [-0.2, -0.15) is 0 Å². The average Bonchev–Trinajstić information content (AvgIpc) is 3.45. The van der Waals surface area contributed by atoms with E-state index in [1.54, 1.807) is 0 Å². The summed E-state index contributed by atoms with van der Waals surface area (Å²) in [6.07, 6.45) is 2.28. The van der Waals surface area contributed by atoms with E-state index >= 15 is 0 Å². The van der Waals surface area contributed by atoms with Crippen molar-refractivity contribution in [2.24, 2.45) is 5.92 Å². The molecule has 1 saturated heterocycles. The molecule has 0 bridgehead atoms. The van der Waals surface area contributed by atoms with Crippen molar-refractivity contribution in [1.29, 1.82) is 0 Å². The lowest BCUT2D eigenvalue weighted by Crippen LogP contribution is -2.44. The van der Waals surface area contributed by atoms with E-state index in [2.05, 4.69) is 4.90 Å². The Morgan fingerprint density at radius 2 is 1.59 bits per heavy atom. The summed E-state index contributed by atoms with van der Waals surface area (Å²) in [5.41, 5.74) is 0.826. The lowest BCUT2D eigenvalue weighted by Gasteiger charge is -2.39. The number of likely N-dealkylation sites (tertiary alicyclic amines) is 1. The van der Waals surface area contributed by atoms with Crippen LogP contribution in [0, 0.1) is 5.92 Å². The molecule has 0 aromatic heterocycles. The molecule has 1 saturated carbocycles. The highest BCUT2D eigenvalue weighted by Gasteiger charge is 2.62. The van der Waals surface area contributed by atoms with Gasteiger partial charge in [-0.25, -0.2) is 0 Å². The molecule has 2 aromatic carbocycles. The predicted octanol–water partition coefficient (Wildman–Crippen LogP) is 3.10. The molecule has 0 amide bonds. The molecule has 1 N–H and O–H groups in total. The molecular formula is C23H27NO3. The van der Waals surface area contributed by atoms with Crippen molar-refractivity contribution >= 4 is 5.97 Å². The highest BCUT2D eigenvalue weighted by atomic mass is 16.5. The first-order chi connectivity index (χ1) is 13.1. The SMILES string of the molecule is COC(=O)[C@@]1(c2ccccc2)C[C@H]1CN1CCC(O)(c2ccccc2)CC1. The molecule has 142 valence electrons. The first-order valence-corrected chi connectivity index (χ1v) is 9.73. The number of hydrogen-bond acceptors (Lipinski definition) is 4. The standard InChI is InChI=1S/C23H27NO3/c1-27-21(25)23(19-10-6-3-7-11-19)16-20(23)17-24-14-12-22(26,13-15-24)18-8-4-2-5-9-18/h2-11,20,26H,12-17H2,1H3/t20-,23+/m0/s1. The van der Waals surface area contributed by atoms with Gasteiger partial charge in [-0.15, -0.1) is 0 Å². The maximum absolute atomic E-state index is 12.6. The zero-order valence-corrected chi connectivity index (χ0v) is 15.8. The van der Waals surface area contributed by atoms with E-state index in [1.165, 1.54) is 7.11 Å². The second-order valence-electron chi connectivity index (χ2n) is 7.93. The van der Waals surface area contributed by atoms with Crippen LogP contribution in [0.4, 0.5) is 0 Å². The van der Waals surface area contributed by atoms with Gasteiger partial charge < -0.3 is 14.7 Å². The fourth-order valence-electron chi connectivity index (χ4n) is 4.64. The Hall–Kier alpha value is -2.17. The van der Waals surface area contributed by atoms with Gasteiger partial charge in [-0.1, -0.05) is 60.7 Å². The second-order valence-corrected chi connectivity index (χ2v) is 7.93. The van der Waals surface area contributed by atoms with Crippen LogP contribution in [0.15, 0.2) is 60.7 Å². The summed E-state index contributed by atoms with van der Waals surface area (Å²) in [7, 11) is 1.48. The fourth-order valence-corrected chi connectivity index (χ4v) is 4.64. The minimum absolute atomic E-state index is 0.128. The van der Waals surface area contributed by atoms with Gasteiger partial charge in [0.2, 0.25) is 0 Å². The molecule has 0 unspecified atom stereocenters. The van der Waals surface area contributed by atoms with Crippen LogP contribution in [-0.2, 0) is 20.5 Å². The first kappa shape index (κ1) is 18.2. The van der Waals surface area contributed by atoms with E-state index in [9.17, 15) is 9.90 Å². The maximum atomic E-state index is 12.6. The summed E-state index contributed by atoms with van der Waals surface area (Å²) in [4.78, 5) is 14.9. The Kier molecular flexibility index (Phi) is 4.79. The lowest BCUT2D eigenvalue weighted by molar-refractivity contribution is -0.144. The van der Waals surface area contributed by atoms with Crippen LogP contribution in [0.1, 0.15) is 30.4 Å². The number of carbonyl (C=O) groups is 1. The van der Waals surface area contributed by atoms with Gasteiger partial charge in [-0.3, -0.25) is 4.79 Å². The number of ether oxygens (including phenoxy) is 1. The highest BCUT2D eigenvalue weighted by Crippen LogP contribution is 2.55. The normalized spacial score (nSPS) is 27.1. The number of esters is 1. The zero-order valence-electron chi connectivity index (χ0n) is 15.8. The van der Waals surface area contributed by atoms with Gasteiger partial charge in [0.15, 0.2) is 0 Å². The van der Waals surface area contributed by atoms with E-state index in [0.717, 1.165) is 50.0 Å². The predicted molar refractivity (Wildman–Crippen MR) is 104 cm³/mol. The fraction of sp³-hybridized carbons (Fsp3) is 0.435. The van der Waals surface area contributed by atoms with Crippen molar-refractivity contribution < 1.29 is 14.6 Å². The molecule has 2 fully saturated rings. The number of hydrogen-bond donors (Lipinski definition) is 1. The largest absolute Gasteiger partial charge is 0.468 e. The number of methoxy groups -OCH3 is 1. The molecule has 4 nitrogen and oxygen atoms in total. The Morgan fingerprint density at radius 1 is 1.04 bits per heavy atom. The van der Waals surface area contributed by atoms with Gasteiger partial charge >= 0.3 is 5.97 Å². The Bertz CT molecular complexity index is 784. The summed E-state index contributed by atoms with van der Waals surface area (Å²) in [6, 6.07) is 20.0. The Morgan fingerprint density at radius 3 is 2.15 bits per heavy atom. The van der Waals surface area contributed by atoms with Crippen LogP contribution >= 0.6 is 0 Å². The van der Waals surface area contributed by atoms with Crippen LogP contribution in [-0.4, -0.2) is 42.7 Å². The molecule has 1 aliphatic carbocycles. The number of carbonyl (C=O) groups excluding carboxylic acids is 1. The molecular weight excluding hydrogens is 338 g/mol. The Labute approximate surface area is 160 Å². The van der Waals surface area contributed by atoms with Crippen LogP contribution in [0.5, 0.6) is 0 Å². The summed E-state index contributed by atoms with van der Waals surface area (Å²) >= 11 is 0. The second kappa shape index (κ2) is 7.10. The van der Waals surface area contributed by atoms with E-state index < -0.39 is 11.0 Å². The molecule has 2 aromatic rings. The van der Waals surface area contributed by atoms with Crippen molar-refractivity contribution in [3.63, 3.8) is 0 Å². The van der Waals surface area contributed by atoms with Gasteiger partial charge in [0, 0.05) is 19.6 Å². The van der Waals surface area contributed by atoms with Crippen molar-refractivity contribution in [3.8, 4) is 0 Å². The van der Waals surface area contributed by atoms with Crippen LogP contribution < -0.4 is 0 Å². The van der Waals surface area contributed by atoms with Crippen molar-refractivity contribution in [3.05, 3.63) is 71.8 Å². The third-order valence-electron chi connectivity index (χ3n) is 6.42. The van der Waals surface area contributed by atoms with Crippen molar-refractivity contribution in [2.75, 3.05) is 26.7 Å². The molecule has 1 heterocycles. The molecule has 2 aliphatic rings. The van der Waals surface area contributed by atoms with E-state index in [1.807, 2.05) is 60.7 Å². The molecule has 0 radical (unpaired) electrons. The van der Waals surface area contributed by atoms with E-state index in [4.69, 9.17) is 4.74 Å². The summed E-state index contributed by atoms with van der Waals surface area (Å²) in [5, 5.41) is 11.0. The Balaban J connectivity index is 1.42. The summed E-state index contributed by atoms with van der Waals surface area (Å²) < 4.78 is 5.14. The molecule has 2 atom stereocenters.